The fraction of sp³-hybridized carbons (Fsp3) is 0.250. The highest BCUT2D eigenvalue weighted by atomic mass is 19.1. The van der Waals surface area contributed by atoms with Gasteiger partial charge in [0.2, 0.25) is 0 Å². The van der Waals surface area contributed by atoms with Crippen LogP contribution >= 0.6 is 0 Å². The molecule has 2 aromatic carbocycles. The van der Waals surface area contributed by atoms with Crippen LogP contribution in [0.15, 0.2) is 42.5 Å². The van der Waals surface area contributed by atoms with Crippen LogP contribution < -0.4 is 10.5 Å². The van der Waals surface area contributed by atoms with Gasteiger partial charge in [-0.2, -0.15) is 0 Å². The maximum absolute atomic E-state index is 13.6. The lowest BCUT2D eigenvalue weighted by Gasteiger charge is -2.16. The van der Waals surface area contributed by atoms with Gasteiger partial charge in [0.1, 0.15) is 11.6 Å². The first-order chi connectivity index (χ1) is 9.11. The summed E-state index contributed by atoms with van der Waals surface area (Å²) < 4.78 is 19.0. The van der Waals surface area contributed by atoms with E-state index in [9.17, 15) is 4.39 Å². The second kappa shape index (κ2) is 5.85. The van der Waals surface area contributed by atoms with Crippen molar-refractivity contribution in [3.05, 3.63) is 65.0 Å². The number of hydrogen-bond acceptors (Lipinski definition) is 2. The second-order valence-electron chi connectivity index (χ2n) is 4.65. The summed E-state index contributed by atoms with van der Waals surface area (Å²) in [4.78, 5) is 0. The first-order valence-corrected chi connectivity index (χ1v) is 6.25. The van der Waals surface area contributed by atoms with E-state index in [1.54, 1.807) is 19.2 Å². The van der Waals surface area contributed by atoms with E-state index >= 15 is 0 Å². The summed E-state index contributed by atoms with van der Waals surface area (Å²) in [7, 11) is 1.62. The Morgan fingerprint density at radius 2 is 1.95 bits per heavy atom. The fourth-order valence-electron chi connectivity index (χ4n) is 2.14. The van der Waals surface area contributed by atoms with Gasteiger partial charge >= 0.3 is 0 Å². The Morgan fingerprint density at radius 3 is 2.63 bits per heavy atom. The van der Waals surface area contributed by atoms with Crippen molar-refractivity contribution >= 4 is 0 Å². The highest BCUT2D eigenvalue weighted by molar-refractivity contribution is 5.40. The Morgan fingerprint density at radius 1 is 1.21 bits per heavy atom. The van der Waals surface area contributed by atoms with Crippen molar-refractivity contribution < 1.29 is 9.13 Å². The van der Waals surface area contributed by atoms with Crippen LogP contribution in [0.25, 0.3) is 0 Å². The molecule has 3 heteroatoms. The molecule has 100 valence electrons. The molecule has 0 radical (unpaired) electrons. The minimum Gasteiger partial charge on any atom is -0.496 e. The maximum Gasteiger partial charge on any atom is 0.126 e. The minimum absolute atomic E-state index is 0.218. The number of hydrogen-bond donors (Lipinski definition) is 1. The molecule has 0 saturated carbocycles. The zero-order valence-electron chi connectivity index (χ0n) is 11.2. The lowest BCUT2D eigenvalue weighted by molar-refractivity contribution is 0.405. The third-order valence-electron chi connectivity index (χ3n) is 3.19. The van der Waals surface area contributed by atoms with Gasteiger partial charge in [0.25, 0.3) is 0 Å². The minimum atomic E-state index is -0.285. The van der Waals surface area contributed by atoms with Crippen LogP contribution in [0, 0.1) is 12.7 Å². The molecule has 1 unspecified atom stereocenters. The van der Waals surface area contributed by atoms with Crippen molar-refractivity contribution in [2.75, 3.05) is 7.11 Å². The Bertz CT molecular complexity index is 568. The molecule has 0 fully saturated rings. The predicted molar refractivity (Wildman–Crippen MR) is 74.8 cm³/mol. The van der Waals surface area contributed by atoms with Crippen LogP contribution in [0.1, 0.15) is 22.7 Å². The lowest BCUT2D eigenvalue weighted by atomic mass is 9.97. The van der Waals surface area contributed by atoms with E-state index in [1.807, 2.05) is 31.2 Å². The highest BCUT2D eigenvalue weighted by Gasteiger charge is 2.14. The van der Waals surface area contributed by atoms with Gasteiger partial charge in [-0.25, -0.2) is 4.39 Å². The molecule has 0 heterocycles. The number of aryl methyl sites for hydroxylation is 1. The first-order valence-electron chi connectivity index (χ1n) is 6.25. The van der Waals surface area contributed by atoms with E-state index in [4.69, 9.17) is 10.5 Å². The number of benzene rings is 2. The summed E-state index contributed by atoms with van der Waals surface area (Å²) >= 11 is 0. The molecule has 0 spiro atoms. The van der Waals surface area contributed by atoms with Gasteiger partial charge in [0.05, 0.1) is 7.11 Å². The number of rotatable bonds is 4. The molecule has 19 heavy (non-hydrogen) atoms. The van der Waals surface area contributed by atoms with Crippen LogP contribution in [-0.4, -0.2) is 7.11 Å². The average molecular weight is 259 g/mol. The van der Waals surface area contributed by atoms with Crippen molar-refractivity contribution in [1.29, 1.82) is 0 Å². The van der Waals surface area contributed by atoms with E-state index in [0.717, 1.165) is 16.9 Å². The van der Waals surface area contributed by atoms with E-state index in [2.05, 4.69) is 0 Å². The number of methoxy groups -OCH3 is 1. The highest BCUT2D eigenvalue weighted by Crippen LogP contribution is 2.27. The summed E-state index contributed by atoms with van der Waals surface area (Å²) in [5, 5.41) is 0. The van der Waals surface area contributed by atoms with Crippen molar-refractivity contribution in [2.24, 2.45) is 5.73 Å². The van der Waals surface area contributed by atoms with Gasteiger partial charge in [-0.1, -0.05) is 30.3 Å². The molecule has 0 amide bonds. The Labute approximate surface area is 113 Å². The first kappa shape index (κ1) is 13.6. The Balaban J connectivity index is 2.25. The average Bonchev–Trinajstić information content (AvgIpc) is 2.41. The molecule has 2 nitrogen and oxygen atoms in total. The summed E-state index contributed by atoms with van der Waals surface area (Å²) in [5.41, 5.74) is 8.81. The molecule has 0 aromatic heterocycles. The van der Waals surface area contributed by atoms with Gasteiger partial charge in [-0.15, -0.1) is 0 Å². The van der Waals surface area contributed by atoms with Crippen molar-refractivity contribution in [2.45, 2.75) is 19.4 Å². The second-order valence-corrected chi connectivity index (χ2v) is 4.65. The van der Waals surface area contributed by atoms with Gasteiger partial charge in [-0.3, -0.25) is 0 Å². The van der Waals surface area contributed by atoms with Gasteiger partial charge in [-0.05, 0) is 36.6 Å². The molecule has 1 atom stereocenters. The predicted octanol–water partition coefficient (Wildman–Crippen LogP) is 3.39. The molecule has 0 saturated heterocycles. The number of nitrogens with two attached hydrogens (primary N) is 1. The molecule has 0 aliphatic heterocycles. The van der Waals surface area contributed by atoms with Crippen LogP contribution in [-0.2, 0) is 6.42 Å². The summed E-state index contributed by atoms with van der Waals surface area (Å²) in [5.74, 6) is 0.535. The number of halogens is 1. The topological polar surface area (TPSA) is 35.2 Å². The molecule has 2 N–H and O–H groups in total. The van der Waals surface area contributed by atoms with Crippen LogP contribution in [0.3, 0.4) is 0 Å². The monoisotopic (exact) mass is 259 g/mol. The van der Waals surface area contributed by atoms with Crippen LogP contribution in [0.5, 0.6) is 5.75 Å². The normalized spacial score (nSPS) is 12.2. The zero-order chi connectivity index (χ0) is 13.8. The van der Waals surface area contributed by atoms with Gasteiger partial charge in [0.15, 0.2) is 0 Å². The molecule has 2 aromatic rings. The third kappa shape index (κ3) is 3.12. The Kier molecular flexibility index (Phi) is 4.17. The fourth-order valence-corrected chi connectivity index (χ4v) is 2.14. The van der Waals surface area contributed by atoms with Crippen LogP contribution in [0.4, 0.5) is 4.39 Å². The summed E-state index contributed by atoms with van der Waals surface area (Å²) in [6.07, 6.45) is 0.450. The summed E-state index contributed by atoms with van der Waals surface area (Å²) in [6.45, 7) is 1.99. The van der Waals surface area contributed by atoms with E-state index < -0.39 is 0 Å². The molecule has 0 aliphatic carbocycles. The van der Waals surface area contributed by atoms with E-state index in [1.165, 1.54) is 6.07 Å². The number of ether oxygens (including phenoxy) is 1. The molecular weight excluding hydrogens is 241 g/mol. The zero-order valence-corrected chi connectivity index (χ0v) is 11.2. The molecular formula is C16H18FNO. The van der Waals surface area contributed by atoms with Gasteiger partial charge < -0.3 is 10.5 Å². The molecule has 0 aliphatic rings. The molecule has 2 rings (SSSR count). The van der Waals surface area contributed by atoms with E-state index in [-0.39, 0.29) is 11.9 Å². The SMILES string of the molecule is COc1cc(C)ccc1C(N)Cc1ccccc1F. The van der Waals surface area contributed by atoms with Crippen molar-refractivity contribution in [3.63, 3.8) is 0 Å². The van der Waals surface area contributed by atoms with Gasteiger partial charge in [0, 0.05) is 11.6 Å². The maximum atomic E-state index is 13.6. The molecule has 0 bridgehead atoms. The standard InChI is InChI=1S/C16H18FNO/c1-11-7-8-13(16(9-11)19-2)15(18)10-12-5-3-4-6-14(12)17/h3-9,15H,10,18H2,1-2H3. The van der Waals surface area contributed by atoms with E-state index in [0.29, 0.717) is 12.0 Å². The van der Waals surface area contributed by atoms with Crippen LogP contribution in [0.2, 0.25) is 0 Å². The smallest absolute Gasteiger partial charge is 0.126 e. The van der Waals surface area contributed by atoms with Crippen molar-refractivity contribution in [3.8, 4) is 5.75 Å². The quantitative estimate of drug-likeness (QED) is 0.913. The van der Waals surface area contributed by atoms with Crippen molar-refractivity contribution in [1.82, 2.24) is 0 Å². The Hall–Kier alpha value is -1.87. The summed E-state index contributed by atoms with van der Waals surface area (Å²) in [6, 6.07) is 12.3. The largest absolute Gasteiger partial charge is 0.496 e. The lowest BCUT2D eigenvalue weighted by Crippen LogP contribution is -2.15. The third-order valence-corrected chi connectivity index (χ3v) is 3.19.